The van der Waals surface area contributed by atoms with E-state index < -0.39 is 23.8 Å². The van der Waals surface area contributed by atoms with E-state index in [1.165, 1.54) is 5.56 Å². The van der Waals surface area contributed by atoms with Gasteiger partial charge < -0.3 is 25.5 Å². The maximum absolute atomic E-state index is 14.3. The summed E-state index contributed by atoms with van der Waals surface area (Å²) in [5.41, 5.74) is 5.39. The van der Waals surface area contributed by atoms with E-state index in [0.29, 0.717) is 38.6 Å². The first-order chi connectivity index (χ1) is 26.4. The topological polar surface area (TPSA) is 121 Å². The third-order valence-electron chi connectivity index (χ3n) is 10.4. The van der Waals surface area contributed by atoms with Crippen LogP contribution in [0.3, 0.4) is 0 Å². The third-order valence-corrected chi connectivity index (χ3v) is 10.4. The molecule has 0 saturated heterocycles. The lowest BCUT2D eigenvalue weighted by molar-refractivity contribution is -0.148. The Labute approximate surface area is 319 Å². The number of nitrogens with one attached hydrogen (secondary N) is 3. The van der Waals surface area contributed by atoms with E-state index in [2.05, 4.69) is 39.9 Å². The minimum absolute atomic E-state index is 0.270. The summed E-state index contributed by atoms with van der Waals surface area (Å²) < 4.78 is 5.30. The predicted molar refractivity (Wildman–Crippen MR) is 215 cm³/mol. The van der Waals surface area contributed by atoms with Crippen LogP contribution in [0.15, 0.2) is 115 Å². The molecule has 1 heterocycles. The minimum Gasteiger partial charge on any atom is -0.497 e. The highest BCUT2D eigenvalue weighted by Gasteiger charge is 2.35. The molecule has 8 heteroatoms. The number of carboxylic acids is 1. The first kappa shape index (κ1) is 39.8. The number of H-pyrrole nitrogens is 1. The van der Waals surface area contributed by atoms with Gasteiger partial charge in [0.05, 0.1) is 18.9 Å². The zero-order chi connectivity index (χ0) is 38.0. The summed E-state index contributed by atoms with van der Waals surface area (Å²) >= 11 is 0. The van der Waals surface area contributed by atoms with Gasteiger partial charge in [-0.3, -0.25) is 14.4 Å². The summed E-state index contributed by atoms with van der Waals surface area (Å²) in [4.78, 5) is 44.4. The molecule has 54 heavy (non-hydrogen) atoms. The fourth-order valence-electron chi connectivity index (χ4n) is 7.30. The van der Waals surface area contributed by atoms with Crippen LogP contribution < -0.4 is 15.4 Å². The summed E-state index contributed by atoms with van der Waals surface area (Å²) in [7, 11) is 1.63. The number of amides is 2. The highest BCUT2D eigenvalue weighted by Crippen LogP contribution is 2.27. The number of ether oxygens (including phenoxy) is 1. The first-order valence-electron chi connectivity index (χ1n) is 19.5. The van der Waals surface area contributed by atoms with Crippen LogP contribution >= 0.6 is 0 Å². The van der Waals surface area contributed by atoms with Gasteiger partial charge in [0.15, 0.2) is 0 Å². The summed E-state index contributed by atoms with van der Waals surface area (Å²) in [6.45, 7) is 0.414. The number of methoxy groups -OCH3 is 1. The first-order valence-corrected chi connectivity index (χ1v) is 19.5. The number of aryl methyl sites for hydroxylation is 2. The van der Waals surface area contributed by atoms with Gasteiger partial charge >= 0.3 is 5.97 Å². The van der Waals surface area contributed by atoms with Crippen molar-refractivity contribution in [1.82, 2.24) is 15.6 Å². The number of para-hydroxylation sites is 1. The van der Waals surface area contributed by atoms with Crippen molar-refractivity contribution < 1.29 is 24.2 Å². The Balaban J connectivity index is 1.27. The molecule has 0 aliphatic rings. The van der Waals surface area contributed by atoms with E-state index in [9.17, 15) is 19.5 Å². The zero-order valence-corrected chi connectivity index (χ0v) is 31.5. The second kappa shape index (κ2) is 21.4. The Kier molecular flexibility index (Phi) is 15.8. The van der Waals surface area contributed by atoms with Crippen LogP contribution in [0.4, 0.5) is 0 Å². The van der Waals surface area contributed by atoms with E-state index in [0.717, 1.165) is 71.9 Å². The number of carbonyl (C=O) groups excluding carboxylic acids is 2. The Hall–Kier alpha value is -5.37. The van der Waals surface area contributed by atoms with Crippen molar-refractivity contribution in [1.29, 1.82) is 0 Å². The van der Waals surface area contributed by atoms with Crippen molar-refractivity contribution in [2.24, 2.45) is 11.8 Å². The monoisotopic (exact) mass is 729 g/mol. The number of benzene rings is 4. The lowest BCUT2D eigenvalue weighted by Crippen LogP contribution is -2.51. The molecule has 5 aromatic rings. The molecule has 3 atom stereocenters. The van der Waals surface area contributed by atoms with Crippen molar-refractivity contribution in [3.05, 3.63) is 138 Å². The summed E-state index contributed by atoms with van der Waals surface area (Å²) in [6, 6.07) is 35.2. The number of carbonyl (C=O) groups is 3. The average molecular weight is 730 g/mol. The lowest BCUT2D eigenvalue weighted by atomic mass is 9.82. The van der Waals surface area contributed by atoms with Crippen LogP contribution in [0.5, 0.6) is 5.75 Å². The van der Waals surface area contributed by atoms with Crippen LogP contribution in [0.2, 0.25) is 0 Å². The lowest BCUT2D eigenvalue weighted by Gasteiger charge is -2.26. The molecular weight excluding hydrogens is 675 g/mol. The highest BCUT2D eigenvalue weighted by atomic mass is 16.5. The van der Waals surface area contributed by atoms with Gasteiger partial charge in [-0.25, -0.2) is 0 Å². The number of aromatic amines is 1. The fourth-order valence-corrected chi connectivity index (χ4v) is 7.30. The number of unbranched alkanes of at least 4 members (excludes halogenated alkanes) is 4. The van der Waals surface area contributed by atoms with Gasteiger partial charge in [-0.05, 0) is 85.4 Å². The number of aromatic nitrogens is 1. The Morgan fingerprint density at radius 1 is 0.648 bits per heavy atom. The molecule has 0 aliphatic carbocycles. The third kappa shape index (κ3) is 12.4. The Bertz CT molecular complexity index is 1870. The molecule has 0 radical (unpaired) electrons. The van der Waals surface area contributed by atoms with Crippen molar-refractivity contribution in [3.8, 4) is 5.75 Å². The number of hydrogen-bond donors (Lipinski definition) is 4. The van der Waals surface area contributed by atoms with Gasteiger partial charge in [-0.15, -0.1) is 0 Å². The van der Waals surface area contributed by atoms with Crippen molar-refractivity contribution in [2.75, 3.05) is 13.7 Å². The summed E-state index contributed by atoms with van der Waals surface area (Å²) in [5, 5.41) is 17.6. The van der Waals surface area contributed by atoms with Crippen molar-refractivity contribution >= 4 is 28.7 Å². The second-order valence-electron chi connectivity index (χ2n) is 14.2. The van der Waals surface area contributed by atoms with Gasteiger partial charge in [0.1, 0.15) is 11.8 Å². The van der Waals surface area contributed by atoms with Crippen LogP contribution in [0.25, 0.3) is 10.9 Å². The van der Waals surface area contributed by atoms with E-state index >= 15 is 0 Å². The van der Waals surface area contributed by atoms with Gasteiger partial charge in [-0.1, -0.05) is 117 Å². The van der Waals surface area contributed by atoms with E-state index in [4.69, 9.17) is 4.74 Å². The number of fused-ring (bicyclic) bond motifs is 1. The van der Waals surface area contributed by atoms with E-state index in [1.54, 1.807) is 7.11 Å². The smallest absolute Gasteiger partial charge is 0.307 e. The molecular formula is C46H55N3O5. The molecule has 0 aliphatic heterocycles. The Morgan fingerprint density at radius 2 is 1.24 bits per heavy atom. The molecule has 0 spiro atoms. The largest absolute Gasteiger partial charge is 0.497 e. The molecule has 8 nitrogen and oxygen atoms in total. The van der Waals surface area contributed by atoms with E-state index in [-0.39, 0.29) is 18.2 Å². The van der Waals surface area contributed by atoms with Gasteiger partial charge in [0, 0.05) is 30.1 Å². The molecule has 0 unspecified atom stereocenters. The van der Waals surface area contributed by atoms with Crippen LogP contribution in [-0.4, -0.2) is 47.6 Å². The fraction of sp³-hybridized carbons (Fsp3) is 0.370. The maximum atomic E-state index is 14.3. The SMILES string of the molecule is COc1ccc(CCC[C@@H](C(=O)N[C@@H](Cc2c[nH]c3ccccc23)C(=O)NCCc2ccccc2)[C@H](CCCCCCCc2ccccc2)C(=O)O)cc1. The van der Waals surface area contributed by atoms with Crippen molar-refractivity contribution in [3.63, 3.8) is 0 Å². The number of carboxylic acid groups (broad SMARTS) is 1. The molecule has 2 amide bonds. The molecule has 0 bridgehead atoms. The van der Waals surface area contributed by atoms with Gasteiger partial charge in [0.25, 0.3) is 0 Å². The van der Waals surface area contributed by atoms with Crippen LogP contribution in [0, 0.1) is 11.8 Å². The average Bonchev–Trinajstić information content (AvgIpc) is 3.61. The maximum Gasteiger partial charge on any atom is 0.307 e. The molecule has 4 N–H and O–H groups in total. The van der Waals surface area contributed by atoms with Crippen LogP contribution in [-0.2, 0) is 40.1 Å². The van der Waals surface area contributed by atoms with Gasteiger partial charge in [-0.2, -0.15) is 0 Å². The quantitative estimate of drug-likeness (QED) is 0.0503. The summed E-state index contributed by atoms with van der Waals surface area (Å²) in [6.07, 6.45) is 10.8. The number of hydrogen-bond acceptors (Lipinski definition) is 4. The van der Waals surface area contributed by atoms with E-state index in [1.807, 2.05) is 91.1 Å². The van der Waals surface area contributed by atoms with Crippen molar-refractivity contribution in [2.45, 2.75) is 83.1 Å². The van der Waals surface area contributed by atoms with Gasteiger partial charge in [0.2, 0.25) is 11.8 Å². The normalized spacial score (nSPS) is 12.8. The second-order valence-corrected chi connectivity index (χ2v) is 14.2. The van der Waals surface area contributed by atoms with Crippen LogP contribution in [0.1, 0.15) is 73.6 Å². The minimum atomic E-state index is -0.968. The molecule has 4 aromatic carbocycles. The molecule has 5 rings (SSSR count). The summed E-state index contributed by atoms with van der Waals surface area (Å²) in [5.74, 6) is -2.53. The molecule has 0 saturated carbocycles. The standard InChI is InChI=1S/C46H55N3O5/c1-54-38-28-26-36(27-29-38)21-15-24-40(41(46(52)53)23-12-4-2-3-7-16-34-17-8-5-9-18-34)44(50)49-43(32-37-33-48-42-25-14-13-22-39(37)42)45(51)47-31-30-35-19-10-6-11-20-35/h5-6,8-11,13-14,17-20,22,25-29,33,40-41,43,48H,2-4,7,12,15-16,21,23-24,30-32H2,1H3,(H,47,51)(H,49,50)(H,52,53)/t40-,41+,43+/m1/s1. The molecule has 284 valence electrons. The predicted octanol–water partition coefficient (Wildman–Crippen LogP) is 8.49. The number of rotatable bonds is 23. The molecule has 0 fully saturated rings. The molecule has 1 aromatic heterocycles. The zero-order valence-electron chi connectivity index (χ0n) is 31.5. The number of aliphatic carboxylic acids is 1. The highest BCUT2D eigenvalue weighted by molar-refractivity contribution is 5.91. The Morgan fingerprint density at radius 3 is 1.94 bits per heavy atom.